The first-order valence-electron chi connectivity index (χ1n) is 4.83. The maximum absolute atomic E-state index is 11.1. The lowest BCUT2D eigenvalue weighted by Gasteiger charge is -2.03. The zero-order valence-corrected chi connectivity index (χ0v) is 9.04. The predicted octanol–water partition coefficient (Wildman–Crippen LogP) is 2.79. The Balaban J connectivity index is 3.45. The van der Waals surface area contributed by atoms with Crippen LogP contribution in [-0.2, 0) is 9.53 Å². The van der Waals surface area contributed by atoms with E-state index in [4.69, 9.17) is 4.74 Å². The van der Waals surface area contributed by atoms with E-state index in [-0.39, 0.29) is 18.3 Å². The van der Waals surface area contributed by atoms with Crippen LogP contribution in [0.3, 0.4) is 0 Å². The molecule has 0 aromatic heterocycles. The third kappa shape index (κ3) is 7.57. The second-order valence-corrected chi connectivity index (χ2v) is 3.93. The monoisotopic (exact) mass is 184 g/mol. The molecule has 0 spiro atoms. The van der Waals surface area contributed by atoms with Gasteiger partial charge < -0.3 is 4.74 Å². The van der Waals surface area contributed by atoms with Gasteiger partial charge in [0.25, 0.3) is 0 Å². The zero-order chi connectivity index (χ0) is 10.3. The van der Waals surface area contributed by atoms with Crippen molar-refractivity contribution in [3.05, 3.63) is 12.3 Å². The van der Waals surface area contributed by atoms with Gasteiger partial charge in [0, 0.05) is 5.92 Å². The van der Waals surface area contributed by atoms with Crippen molar-refractivity contribution in [1.29, 1.82) is 0 Å². The van der Waals surface area contributed by atoms with Gasteiger partial charge in [-0.3, -0.25) is 4.79 Å². The number of hydrogen-bond acceptors (Lipinski definition) is 2. The highest BCUT2D eigenvalue weighted by molar-refractivity contribution is 5.81. The summed E-state index contributed by atoms with van der Waals surface area (Å²) in [6.07, 6.45) is 4.58. The summed E-state index contributed by atoms with van der Waals surface area (Å²) in [7, 11) is 0. The number of ether oxygens (including phenoxy) is 1. The van der Waals surface area contributed by atoms with E-state index in [1.54, 1.807) is 6.26 Å². The molecule has 0 radical (unpaired) electrons. The van der Waals surface area contributed by atoms with Gasteiger partial charge in [0.2, 0.25) is 0 Å². The average molecular weight is 184 g/mol. The standard InChI is InChI=1S/C11H20O2/c1-9(2)6-5-7-13-8-11(12)10(3)4/h5,7,9-10H,6,8H2,1-4H3/b7-5-. The van der Waals surface area contributed by atoms with E-state index in [1.807, 2.05) is 19.9 Å². The van der Waals surface area contributed by atoms with Crippen LogP contribution in [0.15, 0.2) is 12.3 Å². The second-order valence-electron chi connectivity index (χ2n) is 3.93. The molecular weight excluding hydrogens is 164 g/mol. The Hall–Kier alpha value is -0.790. The first-order valence-corrected chi connectivity index (χ1v) is 4.83. The van der Waals surface area contributed by atoms with Gasteiger partial charge in [0.1, 0.15) is 6.61 Å². The van der Waals surface area contributed by atoms with Crippen LogP contribution in [0.5, 0.6) is 0 Å². The van der Waals surface area contributed by atoms with Gasteiger partial charge in [-0.1, -0.05) is 27.7 Å². The van der Waals surface area contributed by atoms with Gasteiger partial charge in [-0.25, -0.2) is 0 Å². The normalized spacial score (nSPS) is 11.5. The van der Waals surface area contributed by atoms with Crippen molar-refractivity contribution in [2.24, 2.45) is 11.8 Å². The average Bonchev–Trinajstić information content (AvgIpc) is 2.02. The van der Waals surface area contributed by atoms with Crippen molar-refractivity contribution in [1.82, 2.24) is 0 Å². The summed E-state index contributed by atoms with van der Waals surface area (Å²) in [6, 6.07) is 0. The van der Waals surface area contributed by atoms with Crippen LogP contribution in [-0.4, -0.2) is 12.4 Å². The Bertz CT molecular complexity index is 169. The first-order chi connectivity index (χ1) is 6.04. The molecule has 76 valence electrons. The minimum absolute atomic E-state index is 0.0681. The number of carbonyl (C=O) groups is 1. The van der Waals surface area contributed by atoms with Gasteiger partial charge in [-0.05, 0) is 18.4 Å². The fraction of sp³-hybridized carbons (Fsp3) is 0.727. The number of allylic oxidation sites excluding steroid dienone is 1. The second kappa shape index (κ2) is 6.70. The number of hydrogen-bond donors (Lipinski definition) is 0. The smallest absolute Gasteiger partial charge is 0.172 e. The van der Waals surface area contributed by atoms with Gasteiger partial charge in [-0.15, -0.1) is 0 Å². The summed E-state index contributed by atoms with van der Waals surface area (Å²) in [6.45, 7) is 8.24. The molecule has 0 atom stereocenters. The van der Waals surface area contributed by atoms with Gasteiger partial charge in [-0.2, -0.15) is 0 Å². The molecule has 0 unspecified atom stereocenters. The molecule has 2 nitrogen and oxygen atoms in total. The molecule has 0 saturated carbocycles. The molecule has 0 aliphatic carbocycles. The number of ketones is 1. The van der Waals surface area contributed by atoms with Crippen LogP contribution in [0.4, 0.5) is 0 Å². The van der Waals surface area contributed by atoms with Crippen molar-refractivity contribution in [3.63, 3.8) is 0 Å². The topological polar surface area (TPSA) is 26.3 Å². The van der Waals surface area contributed by atoms with Crippen molar-refractivity contribution in [2.75, 3.05) is 6.61 Å². The van der Waals surface area contributed by atoms with E-state index in [9.17, 15) is 4.79 Å². The molecule has 0 fully saturated rings. The van der Waals surface area contributed by atoms with Crippen molar-refractivity contribution in [2.45, 2.75) is 34.1 Å². The van der Waals surface area contributed by atoms with Crippen LogP contribution < -0.4 is 0 Å². The lowest BCUT2D eigenvalue weighted by atomic mass is 10.1. The molecule has 2 heteroatoms. The molecule has 0 aliphatic heterocycles. The Kier molecular flexibility index (Phi) is 6.29. The highest BCUT2D eigenvalue weighted by Crippen LogP contribution is 2.00. The molecule has 0 N–H and O–H groups in total. The zero-order valence-electron chi connectivity index (χ0n) is 9.04. The van der Waals surface area contributed by atoms with E-state index in [2.05, 4.69) is 13.8 Å². The fourth-order valence-electron chi connectivity index (χ4n) is 0.693. The largest absolute Gasteiger partial charge is 0.494 e. The summed E-state index contributed by atoms with van der Waals surface area (Å²) in [5, 5.41) is 0. The quantitative estimate of drug-likeness (QED) is 0.593. The molecular formula is C11H20O2. The van der Waals surface area contributed by atoms with E-state index < -0.39 is 0 Å². The van der Waals surface area contributed by atoms with Crippen LogP contribution in [0.25, 0.3) is 0 Å². The van der Waals surface area contributed by atoms with Crippen molar-refractivity contribution >= 4 is 5.78 Å². The highest BCUT2D eigenvalue weighted by atomic mass is 16.5. The lowest BCUT2D eigenvalue weighted by Crippen LogP contribution is -2.12. The molecule has 0 saturated heterocycles. The fourth-order valence-corrected chi connectivity index (χ4v) is 0.693. The number of carbonyl (C=O) groups excluding carboxylic acids is 1. The number of Topliss-reactive ketones (excluding diaryl/α,β-unsaturated/α-hetero) is 1. The maximum Gasteiger partial charge on any atom is 0.172 e. The van der Waals surface area contributed by atoms with Gasteiger partial charge >= 0.3 is 0 Å². The lowest BCUT2D eigenvalue weighted by molar-refractivity contribution is -0.124. The van der Waals surface area contributed by atoms with Crippen LogP contribution in [0, 0.1) is 11.8 Å². The summed E-state index contributed by atoms with van der Waals surface area (Å²) < 4.78 is 5.08. The SMILES string of the molecule is CC(C)C/C=C\OCC(=O)C(C)C. The molecule has 0 aromatic rings. The molecule has 13 heavy (non-hydrogen) atoms. The van der Waals surface area contributed by atoms with E-state index in [0.29, 0.717) is 5.92 Å². The molecule has 0 aliphatic rings. The van der Waals surface area contributed by atoms with E-state index in [0.717, 1.165) is 6.42 Å². The van der Waals surface area contributed by atoms with Crippen molar-refractivity contribution < 1.29 is 9.53 Å². The van der Waals surface area contributed by atoms with Crippen LogP contribution in [0.2, 0.25) is 0 Å². The Morgan fingerprint density at radius 2 is 1.92 bits per heavy atom. The predicted molar refractivity (Wildman–Crippen MR) is 54.4 cm³/mol. The van der Waals surface area contributed by atoms with Crippen LogP contribution in [0.1, 0.15) is 34.1 Å². The van der Waals surface area contributed by atoms with Gasteiger partial charge in [0.05, 0.1) is 6.26 Å². The summed E-state index contributed by atoms with van der Waals surface area (Å²) in [5.41, 5.74) is 0. The number of rotatable bonds is 6. The third-order valence-corrected chi connectivity index (χ3v) is 1.67. The van der Waals surface area contributed by atoms with E-state index in [1.165, 1.54) is 0 Å². The summed E-state index contributed by atoms with van der Waals surface area (Å²) in [5.74, 6) is 0.855. The van der Waals surface area contributed by atoms with Crippen molar-refractivity contribution in [3.8, 4) is 0 Å². The molecule has 0 amide bonds. The highest BCUT2D eigenvalue weighted by Gasteiger charge is 2.05. The Morgan fingerprint density at radius 3 is 2.38 bits per heavy atom. The molecule has 0 bridgehead atoms. The molecule has 0 aromatic carbocycles. The summed E-state index contributed by atoms with van der Waals surface area (Å²) >= 11 is 0. The minimum Gasteiger partial charge on any atom is -0.494 e. The summed E-state index contributed by atoms with van der Waals surface area (Å²) in [4.78, 5) is 11.1. The first kappa shape index (κ1) is 12.2. The third-order valence-electron chi connectivity index (χ3n) is 1.67. The molecule has 0 rings (SSSR count). The van der Waals surface area contributed by atoms with Crippen LogP contribution >= 0.6 is 0 Å². The maximum atomic E-state index is 11.1. The minimum atomic E-state index is 0.0681. The Labute approximate surface area is 81.0 Å². The van der Waals surface area contributed by atoms with Gasteiger partial charge in [0.15, 0.2) is 5.78 Å². The Morgan fingerprint density at radius 1 is 1.31 bits per heavy atom. The van der Waals surface area contributed by atoms with E-state index >= 15 is 0 Å². The molecule has 0 heterocycles.